The third-order valence-corrected chi connectivity index (χ3v) is 6.54. The van der Waals surface area contributed by atoms with Gasteiger partial charge in [0.2, 0.25) is 5.78 Å². The first-order chi connectivity index (χ1) is 16.1. The average molecular weight is 499 g/mol. The zero-order valence-electron chi connectivity index (χ0n) is 18.9. The summed E-state index contributed by atoms with van der Waals surface area (Å²) in [6, 6.07) is 13.0. The minimum absolute atomic E-state index is 0.0589. The Balaban J connectivity index is 1.87. The highest BCUT2D eigenvalue weighted by molar-refractivity contribution is 6.42. The summed E-state index contributed by atoms with van der Waals surface area (Å²) in [5, 5.41) is 0.890. The molecule has 1 aromatic heterocycles. The van der Waals surface area contributed by atoms with Crippen molar-refractivity contribution in [2.24, 2.45) is 0 Å². The van der Waals surface area contributed by atoms with E-state index in [2.05, 4.69) is 0 Å². The van der Waals surface area contributed by atoms with Crippen molar-refractivity contribution in [2.45, 2.75) is 20.8 Å². The van der Waals surface area contributed by atoms with Crippen LogP contribution in [0.15, 0.2) is 65.5 Å². The molecule has 0 aliphatic carbocycles. The quantitative estimate of drug-likeness (QED) is 0.236. The third kappa shape index (κ3) is 4.04. The van der Waals surface area contributed by atoms with Gasteiger partial charge in [0.25, 0.3) is 0 Å². The maximum atomic E-state index is 13.6. The normalized spacial score (nSPS) is 15.0. The Labute approximate surface area is 206 Å². The van der Waals surface area contributed by atoms with Gasteiger partial charge >= 0.3 is 5.97 Å². The lowest BCUT2D eigenvalue weighted by molar-refractivity contribution is -0.137. The van der Waals surface area contributed by atoms with Gasteiger partial charge in [-0.25, -0.2) is 9.18 Å². The first-order valence-electron chi connectivity index (χ1n) is 10.4. The number of aromatic nitrogens is 1. The number of benzene rings is 2. The van der Waals surface area contributed by atoms with Crippen molar-refractivity contribution in [1.29, 1.82) is 0 Å². The molecule has 0 unspecified atom stereocenters. The largest absolute Gasteiger partial charge is 0.465 e. The molecule has 1 aliphatic heterocycles. The molecule has 2 aromatic carbocycles. The fourth-order valence-corrected chi connectivity index (χ4v) is 4.48. The Morgan fingerprint density at radius 1 is 0.971 bits per heavy atom. The van der Waals surface area contributed by atoms with Crippen molar-refractivity contribution in [3.8, 4) is 5.69 Å². The van der Waals surface area contributed by atoms with Crippen molar-refractivity contribution in [1.82, 2.24) is 4.57 Å². The second kappa shape index (κ2) is 9.12. The summed E-state index contributed by atoms with van der Waals surface area (Å²) in [6.07, 6.45) is 1.72. The number of allylic oxidation sites excluding steroid dienone is 2. The van der Waals surface area contributed by atoms with Crippen LogP contribution in [0, 0.1) is 19.7 Å². The van der Waals surface area contributed by atoms with E-state index in [4.69, 9.17) is 27.9 Å². The summed E-state index contributed by atoms with van der Waals surface area (Å²) in [5.74, 6) is -1.59. The van der Waals surface area contributed by atoms with Crippen LogP contribution in [0.1, 0.15) is 23.9 Å². The Hall–Kier alpha value is -3.35. The lowest BCUT2D eigenvalue weighted by Gasteiger charge is -2.21. The van der Waals surface area contributed by atoms with E-state index in [1.807, 2.05) is 30.5 Å². The van der Waals surface area contributed by atoms with Gasteiger partial charge in [-0.2, -0.15) is 0 Å². The Morgan fingerprint density at radius 2 is 1.62 bits per heavy atom. The predicted octanol–water partition coefficient (Wildman–Crippen LogP) is 6.42. The summed E-state index contributed by atoms with van der Waals surface area (Å²) in [7, 11) is 1.23. The van der Waals surface area contributed by atoms with E-state index >= 15 is 0 Å². The second-order valence-corrected chi connectivity index (χ2v) is 8.70. The molecule has 8 heteroatoms. The lowest BCUT2D eigenvalue weighted by atomic mass is 10.1. The first kappa shape index (κ1) is 23.8. The highest BCUT2D eigenvalue weighted by Crippen LogP contribution is 2.37. The number of nitrogens with zero attached hydrogens (tertiary/aromatic N) is 2. The van der Waals surface area contributed by atoms with E-state index in [0.717, 1.165) is 22.6 Å². The molecule has 4 rings (SSSR count). The second-order valence-electron chi connectivity index (χ2n) is 7.88. The predicted molar refractivity (Wildman–Crippen MR) is 132 cm³/mol. The van der Waals surface area contributed by atoms with Crippen LogP contribution in [-0.2, 0) is 14.3 Å². The number of hydrogen-bond donors (Lipinski definition) is 0. The van der Waals surface area contributed by atoms with Crippen LogP contribution in [0.4, 0.5) is 10.1 Å². The summed E-state index contributed by atoms with van der Waals surface area (Å²) in [4.78, 5) is 27.4. The topological polar surface area (TPSA) is 51.5 Å². The van der Waals surface area contributed by atoms with Crippen LogP contribution >= 0.6 is 23.2 Å². The number of hydrogen-bond acceptors (Lipinski definition) is 4. The minimum atomic E-state index is -0.723. The number of aryl methyl sites for hydroxylation is 1. The van der Waals surface area contributed by atoms with Gasteiger partial charge in [0, 0.05) is 28.5 Å². The number of methoxy groups -OCH3 is 1. The maximum Gasteiger partial charge on any atom is 0.343 e. The molecule has 2 heterocycles. The Morgan fingerprint density at radius 3 is 2.24 bits per heavy atom. The summed E-state index contributed by atoms with van der Waals surface area (Å²) < 4.78 is 20.4. The number of rotatable bonds is 4. The molecule has 1 aliphatic rings. The number of halogens is 3. The summed E-state index contributed by atoms with van der Waals surface area (Å²) in [5.41, 5.74) is 4.54. The molecule has 0 N–H and O–H groups in total. The van der Waals surface area contributed by atoms with Crippen LogP contribution in [0.3, 0.4) is 0 Å². The SMILES string of the molecule is COC(=O)C1=C(C)N(c2ccc(F)cc2)/C(=C\c2cc(C)n(-c3ccc(Cl)c(Cl)c3)c2C)C1=O. The fraction of sp³-hybridized carbons (Fsp3) is 0.154. The van der Waals surface area contributed by atoms with Crippen molar-refractivity contribution in [3.63, 3.8) is 0 Å². The van der Waals surface area contributed by atoms with E-state index < -0.39 is 17.6 Å². The smallest absolute Gasteiger partial charge is 0.343 e. The average Bonchev–Trinajstić information content (AvgIpc) is 3.22. The molecule has 34 heavy (non-hydrogen) atoms. The van der Waals surface area contributed by atoms with Crippen molar-refractivity contribution >= 4 is 46.7 Å². The highest BCUT2D eigenvalue weighted by Gasteiger charge is 2.38. The van der Waals surface area contributed by atoms with Crippen molar-refractivity contribution in [2.75, 3.05) is 12.0 Å². The number of esters is 1. The maximum absolute atomic E-state index is 13.6. The lowest BCUT2D eigenvalue weighted by Crippen LogP contribution is -2.18. The Kier molecular flexibility index (Phi) is 6.39. The number of ether oxygens (including phenoxy) is 1. The first-order valence-corrected chi connectivity index (χ1v) is 11.1. The molecule has 0 bridgehead atoms. The van der Waals surface area contributed by atoms with E-state index in [1.165, 1.54) is 19.2 Å². The molecule has 0 atom stereocenters. The van der Waals surface area contributed by atoms with Crippen molar-refractivity contribution in [3.05, 3.63) is 98.3 Å². The number of ketones is 1. The van der Waals surface area contributed by atoms with Gasteiger partial charge in [0.05, 0.1) is 22.9 Å². The van der Waals surface area contributed by atoms with Gasteiger partial charge in [-0.05, 0) is 80.9 Å². The third-order valence-electron chi connectivity index (χ3n) is 5.80. The summed E-state index contributed by atoms with van der Waals surface area (Å²) >= 11 is 12.3. The molecule has 5 nitrogen and oxygen atoms in total. The zero-order valence-corrected chi connectivity index (χ0v) is 20.5. The van der Waals surface area contributed by atoms with Crippen LogP contribution in [0.2, 0.25) is 10.0 Å². The van der Waals surface area contributed by atoms with Crippen LogP contribution in [-0.4, -0.2) is 23.4 Å². The molecule has 0 saturated carbocycles. The van der Waals surface area contributed by atoms with E-state index in [0.29, 0.717) is 21.4 Å². The zero-order chi connectivity index (χ0) is 24.7. The van der Waals surface area contributed by atoms with Gasteiger partial charge in [-0.1, -0.05) is 23.2 Å². The molecular formula is C26H21Cl2FN2O3. The summed E-state index contributed by atoms with van der Waals surface area (Å²) in [6.45, 7) is 5.52. The molecular weight excluding hydrogens is 478 g/mol. The highest BCUT2D eigenvalue weighted by atomic mass is 35.5. The molecule has 3 aromatic rings. The minimum Gasteiger partial charge on any atom is -0.465 e. The molecule has 0 spiro atoms. The van der Waals surface area contributed by atoms with Gasteiger partial charge in [0.1, 0.15) is 11.4 Å². The molecule has 0 amide bonds. The van der Waals surface area contributed by atoms with Crippen LogP contribution in [0.5, 0.6) is 0 Å². The van der Waals surface area contributed by atoms with E-state index in [-0.39, 0.29) is 11.3 Å². The van der Waals surface area contributed by atoms with Crippen molar-refractivity contribution < 1.29 is 18.7 Å². The molecule has 0 radical (unpaired) electrons. The molecule has 174 valence electrons. The van der Waals surface area contributed by atoms with Crippen LogP contribution in [0.25, 0.3) is 11.8 Å². The number of carbonyl (C=O) groups is 2. The number of Topliss-reactive ketones (excluding diaryl/α,β-unsaturated/α-hetero) is 1. The fourth-order valence-electron chi connectivity index (χ4n) is 4.18. The number of carbonyl (C=O) groups excluding carboxylic acids is 2. The van der Waals surface area contributed by atoms with Gasteiger partial charge < -0.3 is 14.2 Å². The van der Waals surface area contributed by atoms with Gasteiger partial charge in [-0.15, -0.1) is 0 Å². The Bertz CT molecular complexity index is 1390. The van der Waals surface area contributed by atoms with Crippen LogP contribution < -0.4 is 4.90 Å². The van der Waals surface area contributed by atoms with E-state index in [1.54, 1.807) is 42.2 Å². The van der Waals surface area contributed by atoms with Gasteiger partial charge in [-0.3, -0.25) is 4.79 Å². The molecule has 0 saturated heterocycles. The van der Waals surface area contributed by atoms with E-state index in [9.17, 15) is 14.0 Å². The standard InChI is InChI=1S/C26H21Cl2FN2O3/c1-14-11-17(15(2)30(14)20-9-10-21(27)22(28)13-20)12-23-25(32)24(26(33)34-4)16(3)31(23)19-7-5-18(29)6-8-19/h5-13H,1-4H3/b23-12-. The number of anilines is 1. The molecule has 0 fully saturated rings. The van der Waals surface area contributed by atoms with Gasteiger partial charge in [0.15, 0.2) is 0 Å². The monoisotopic (exact) mass is 498 g/mol.